The van der Waals surface area contributed by atoms with Crippen molar-refractivity contribution in [3.05, 3.63) is 48.2 Å². The van der Waals surface area contributed by atoms with Gasteiger partial charge in [0.2, 0.25) is 0 Å². The van der Waals surface area contributed by atoms with Crippen LogP contribution in [-0.4, -0.2) is 40.6 Å². The molecule has 0 aliphatic carbocycles. The van der Waals surface area contributed by atoms with E-state index in [9.17, 15) is 4.39 Å². The molecule has 0 saturated carbocycles. The normalized spacial score (nSPS) is 16.8. The van der Waals surface area contributed by atoms with Gasteiger partial charge in [0.05, 0.1) is 17.6 Å². The van der Waals surface area contributed by atoms with Gasteiger partial charge in [-0.05, 0) is 37.1 Å². The molecule has 3 aromatic rings. The fourth-order valence-electron chi connectivity index (χ4n) is 3.65. The van der Waals surface area contributed by atoms with Gasteiger partial charge in [-0.15, -0.1) is 6.42 Å². The Morgan fingerprint density at radius 3 is 3.08 bits per heavy atom. The average molecular weight is 349 g/mol. The van der Waals surface area contributed by atoms with E-state index in [1.165, 1.54) is 0 Å². The number of benzene rings is 1. The summed E-state index contributed by atoms with van der Waals surface area (Å²) >= 11 is 0. The zero-order chi connectivity index (χ0) is 18.1. The number of terminal acetylenes is 1. The summed E-state index contributed by atoms with van der Waals surface area (Å²) in [7, 11) is 0. The Kier molecular flexibility index (Phi) is 4.21. The third-order valence-electron chi connectivity index (χ3n) is 4.91. The van der Waals surface area contributed by atoms with E-state index >= 15 is 0 Å². The van der Waals surface area contributed by atoms with Gasteiger partial charge in [0.1, 0.15) is 23.6 Å². The van der Waals surface area contributed by atoms with E-state index in [1.54, 1.807) is 12.4 Å². The number of hydrogen-bond acceptors (Lipinski definition) is 4. The zero-order valence-corrected chi connectivity index (χ0v) is 14.6. The fraction of sp³-hybridized carbons (Fsp3) is 0.300. The second-order valence-electron chi connectivity index (χ2n) is 6.61. The first-order chi connectivity index (χ1) is 12.7. The van der Waals surface area contributed by atoms with Gasteiger partial charge in [-0.25, -0.2) is 14.4 Å². The Hall–Kier alpha value is -3.07. The summed E-state index contributed by atoms with van der Waals surface area (Å²) in [4.78, 5) is 16.0. The maximum Gasteiger partial charge on any atom is 0.146 e. The van der Waals surface area contributed by atoms with Crippen molar-refractivity contribution in [1.82, 2.24) is 15.0 Å². The van der Waals surface area contributed by atoms with Crippen molar-refractivity contribution < 1.29 is 4.39 Å². The first-order valence-electron chi connectivity index (χ1n) is 8.66. The highest BCUT2D eigenvalue weighted by molar-refractivity contribution is 5.87. The minimum atomic E-state index is -0.228. The number of hydrogen-bond donors (Lipinski definition) is 1. The highest BCUT2D eigenvalue weighted by Crippen LogP contribution is 2.30. The molecule has 4 rings (SSSR count). The SMILES string of the molecule is C#CCN(c1ccc(C)cc1F)C1CCN(c2ncnc3[nH]ccc23)C1. The van der Waals surface area contributed by atoms with Crippen LogP contribution < -0.4 is 9.80 Å². The molecule has 3 heterocycles. The van der Waals surface area contributed by atoms with Crippen LogP contribution in [-0.2, 0) is 0 Å². The lowest BCUT2D eigenvalue weighted by atomic mass is 10.1. The zero-order valence-electron chi connectivity index (χ0n) is 14.6. The Labute approximate surface area is 151 Å². The number of nitrogens with one attached hydrogen (secondary N) is 1. The summed E-state index contributed by atoms with van der Waals surface area (Å²) in [6.45, 7) is 3.84. The number of aryl methyl sites for hydroxylation is 1. The predicted molar refractivity (Wildman–Crippen MR) is 102 cm³/mol. The predicted octanol–water partition coefficient (Wildman–Crippen LogP) is 3.12. The molecule has 0 amide bonds. The first kappa shape index (κ1) is 16.4. The van der Waals surface area contributed by atoms with E-state index in [-0.39, 0.29) is 11.9 Å². The van der Waals surface area contributed by atoms with Crippen LogP contribution >= 0.6 is 0 Å². The number of halogens is 1. The molecule has 1 fully saturated rings. The molecule has 0 radical (unpaired) electrons. The monoisotopic (exact) mass is 349 g/mol. The van der Waals surface area contributed by atoms with E-state index in [1.807, 2.05) is 36.2 Å². The third kappa shape index (κ3) is 2.86. The van der Waals surface area contributed by atoms with Crippen LogP contribution in [0.4, 0.5) is 15.9 Å². The quantitative estimate of drug-likeness (QED) is 0.735. The number of aromatic amines is 1. The van der Waals surface area contributed by atoms with E-state index in [4.69, 9.17) is 6.42 Å². The Balaban J connectivity index is 1.61. The van der Waals surface area contributed by atoms with E-state index in [0.29, 0.717) is 12.2 Å². The van der Waals surface area contributed by atoms with Crippen molar-refractivity contribution in [3.8, 4) is 12.3 Å². The highest BCUT2D eigenvalue weighted by atomic mass is 19.1. The molecule has 1 aromatic carbocycles. The van der Waals surface area contributed by atoms with Crippen LogP contribution in [0, 0.1) is 25.1 Å². The second-order valence-corrected chi connectivity index (χ2v) is 6.61. The standard InChI is InChI=1S/C20H20FN5/c1-3-9-26(18-5-4-14(2)11-17(18)21)15-7-10-25(12-15)20-16-6-8-22-19(16)23-13-24-20/h1,4-6,8,11,13,15H,7,9-10,12H2,2H3,(H,22,23,24). The van der Waals surface area contributed by atoms with E-state index in [2.05, 4.69) is 25.8 Å². The molecule has 2 aromatic heterocycles. The molecule has 1 atom stereocenters. The van der Waals surface area contributed by atoms with Crippen LogP contribution in [0.15, 0.2) is 36.8 Å². The Morgan fingerprint density at radius 2 is 2.27 bits per heavy atom. The maximum atomic E-state index is 14.5. The van der Waals surface area contributed by atoms with Gasteiger partial charge >= 0.3 is 0 Å². The minimum Gasteiger partial charge on any atom is -0.354 e. The van der Waals surface area contributed by atoms with Gasteiger partial charge in [-0.2, -0.15) is 0 Å². The van der Waals surface area contributed by atoms with E-state index < -0.39 is 0 Å². The second kappa shape index (κ2) is 6.68. The number of H-pyrrole nitrogens is 1. The molecule has 5 nitrogen and oxygen atoms in total. The molecule has 1 aliphatic rings. The van der Waals surface area contributed by atoms with Crippen molar-refractivity contribution in [2.75, 3.05) is 29.4 Å². The molecule has 6 heteroatoms. The molecule has 1 aliphatic heterocycles. The number of anilines is 2. The largest absolute Gasteiger partial charge is 0.354 e. The van der Waals surface area contributed by atoms with Crippen LogP contribution in [0.2, 0.25) is 0 Å². The number of nitrogens with zero attached hydrogens (tertiary/aromatic N) is 4. The first-order valence-corrected chi connectivity index (χ1v) is 8.66. The summed E-state index contributed by atoms with van der Waals surface area (Å²) in [5.74, 6) is 3.35. The molecular formula is C20H20FN5. The molecule has 0 spiro atoms. The van der Waals surface area contributed by atoms with Crippen molar-refractivity contribution in [2.24, 2.45) is 0 Å². The van der Waals surface area contributed by atoms with Crippen LogP contribution in [0.5, 0.6) is 0 Å². The summed E-state index contributed by atoms with van der Waals surface area (Å²) < 4.78 is 14.5. The molecule has 1 saturated heterocycles. The summed E-state index contributed by atoms with van der Waals surface area (Å²) in [5.41, 5.74) is 2.29. The number of aromatic nitrogens is 3. The Bertz CT molecular complexity index is 974. The molecule has 1 unspecified atom stereocenters. The number of rotatable bonds is 4. The topological polar surface area (TPSA) is 48.1 Å². The van der Waals surface area contributed by atoms with Crippen molar-refractivity contribution in [2.45, 2.75) is 19.4 Å². The van der Waals surface area contributed by atoms with Gasteiger partial charge in [0.25, 0.3) is 0 Å². The average Bonchev–Trinajstić information content (AvgIpc) is 3.29. The molecule has 132 valence electrons. The van der Waals surface area contributed by atoms with Gasteiger partial charge in [0.15, 0.2) is 0 Å². The third-order valence-corrected chi connectivity index (χ3v) is 4.91. The molecule has 26 heavy (non-hydrogen) atoms. The fourth-order valence-corrected chi connectivity index (χ4v) is 3.65. The van der Waals surface area contributed by atoms with Gasteiger partial charge in [-0.3, -0.25) is 0 Å². The maximum absolute atomic E-state index is 14.5. The molecule has 0 bridgehead atoms. The summed E-state index contributed by atoms with van der Waals surface area (Å²) in [6.07, 6.45) is 9.90. The smallest absolute Gasteiger partial charge is 0.146 e. The number of fused-ring (bicyclic) bond motifs is 1. The van der Waals surface area contributed by atoms with Crippen LogP contribution in [0.3, 0.4) is 0 Å². The van der Waals surface area contributed by atoms with Crippen molar-refractivity contribution in [3.63, 3.8) is 0 Å². The lowest BCUT2D eigenvalue weighted by molar-refractivity contribution is 0.598. The van der Waals surface area contributed by atoms with Gasteiger partial charge in [0, 0.05) is 25.3 Å². The van der Waals surface area contributed by atoms with Gasteiger partial charge in [-0.1, -0.05) is 12.0 Å². The molecule has 1 N–H and O–H groups in total. The highest BCUT2D eigenvalue weighted by Gasteiger charge is 2.30. The van der Waals surface area contributed by atoms with Crippen LogP contribution in [0.25, 0.3) is 11.0 Å². The Morgan fingerprint density at radius 1 is 1.38 bits per heavy atom. The van der Waals surface area contributed by atoms with Crippen LogP contribution in [0.1, 0.15) is 12.0 Å². The summed E-state index contributed by atoms with van der Waals surface area (Å²) in [6, 6.07) is 7.41. The van der Waals surface area contributed by atoms with Crippen molar-refractivity contribution in [1.29, 1.82) is 0 Å². The van der Waals surface area contributed by atoms with E-state index in [0.717, 1.165) is 41.9 Å². The van der Waals surface area contributed by atoms with Crippen molar-refractivity contribution >= 4 is 22.5 Å². The lowest BCUT2D eigenvalue weighted by Crippen LogP contribution is -2.38. The molecular weight excluding hydrogens is 329 g/mol. The summed E-state index contributed by atoms with van der Waals surface area (Å²) in [5, 5.41) is 0.998. The van der Waals surface area contributed by atoms with Gasteiger partial charge < -0.3 is 14.8 Å². The lowest BCUT2D eigenvalue weighted by Gasteiger charge is -2.30. The minimum absolute atomic E-state index is 0.132.